The number of nitrogens with two attached hydrogens (primary N) is 1. The number of imidazole rings is 1. The number of aryl methyl sites for hydroxylation is 1. The van der Waals surface area contributed by atoms with E-state index in [0.29, 0.717) is 13.2 Å². The number of anilines is 1. The van der Waals surface area contributed by atoms with Gasteiger partial charge in [0.2, 0.25) is 0 Å². The number of nitrogen functional groups attached to an aromatic ring is 1. The number of hydrogen-bond donors (Lipinski definition) is 2. The maximum atomic E-state index is 12.3. The van der Waals surface area contributed by atoms with Crippen LogP contribution in [-0.4, -0.2) is 36.7 Å². The van der Waals surface area contributed by atoms with Crippen molar-refractivity contribution in [1.82, 2.24) is 14.3 Å². The lowest BCUT2D eigenvalue weighted by Gasteiger charge is -2.33. The first-order chi connectivity index (χ1) is 8.34. The lowest BCUT2D eigenvalue weighted by Crippen LogP contribution is -2.51. The predicted octanol–water partition coefficient (Wildman–Crippen LogP) is -0.150. The van der Waals surface area contributed by atoms with Crippen molar-refractivity contribution in [1.29, 1.82) is 0 Å². The number of hydrogen-bond acceptors (Lipinski definition) is 5. The molecule has 0 spiro atoms. The molecule has 1 saturated heterocycles. The van der Waals surface area contributed by atoms with Crippen LogP contribution in [0.1, 0.15) is 19.8 Å². The molecule has 0 amide bonds. The summed E-state index contributed by atoms with van der Waals surface area (Å²) in [4.78, 5) is 3.79. The fourth-order valence-electron chi connectivity index (χ4n) is 2.15. The van der Waals surface area contributed by atoms with Crippen molar-refractivity contribution in [3.8, 4) is 0 Å². The molecule has 1 aromatic heterocycles. The van der Waals surface area contributed by atoms with E-state index in [9.17, 15) is 8.42 Å². The molecule has 1 atom stereocenters. The lowest BCUT2D eigenvalue weighted by atomic mass is 9.97. The molecule has 2 rings (SSSR count). The summed E-state index contributed by atoms with van der Waals surface area (Å²) < 4.78 is 34.0. The Hall–Kier alpha value is -1.12. The first kappa shape index (κ1) is 13.3. The van der Waals surface area contributed by atoms with Gasteiger partial charge in [-0.1, -0.05) is 0 Å². The van der Waals surface area contributed by atoms with Gasteiger partial charge in [-0.2, -0.15) is 0 Å². The molecule has 0 saturated carbocycles. The second-order valence-corrected chi connectivity index (χ2v) is 6.47. The monoisotopic (exact) mass is 274 g/mol. The molecule has 18 heavy (non-hydrogen) atoms. The second-order valence-electron chi connectivity index (χ2n) is 4.87. The standard InChI is InChI=1S/C10H18N4O3S/c1-10(4-3-5-17-6-10)13-18(15,16)9-8(11)12-7-14(9)2/h7,13H,3-6,11H2,1-2H3. The molecule has 1 aliphatic rings. The molecule has 3 N–H and O–H groups in total. The molecular formula is C10H18N4O3S. The van der Waals surface area contributed by atoms with E-state index in [-0.39, 0.29) is 10.8 Å². The Morgan fingerprint density at radius 1 is 1.61 bits per heavy atom. The minimum Gasteiger partial charge on any atom is -0.381 e. The van der Waals surface area contributed by atoms with Crippen LogP contribution in [0.3, 0.4) is 0 Å². The first-order valence-electron chi connectivity index (χ1n) is 5.73. The smallest absolute Gasteiger partial charge is 0.260 e. The number of nitrogens with one attached hydrogen (secondary N) is 1. The van der Waals surface area contributed by atoms with Gasteiger partial charge in [0.15, 0.2) is 10.8 Å². The molecule has 0 aromatic carbocycles. The summed E-state index contributed by atoms with van der Waals surface area (Å²) in [6.45, 7) is 2.87. The molecular weight excluding hydrogens is 256 g/mol. The van der Waals surface area contributed by atoms with E-state index in [4.69, 9.17) is 10.5 Å². The highest BCUT2D eigenvalue weighted by Crippen LogP contribution is 2.23. The van der Waals surface area contributed by atoms with Crippen LogP contribution in [0.25, 0.3) is 0 Å². The summed E-state index contributed by atoms with van der Waals surface area (Å²) in [5.74, 6) is 0.00493. The molecule has 1 aromatic rings. The zero-order valence-corrected chi connectivity index (χ0v) is 11.3. The summed E-state index contributed by atoms with van der Waals surface area (Å²) in [7, 11) is -2.10. The maximum absolute atomic E-state index is 12.3. The molecule has 102 valence electrons. The van der Waals surface area contributed by atoms with Crippen LogP contribution in [0.4, 0.5) is 5.82 Å². The Bertz CT molecular complexity index is 512. The lowest BCUT2D eigenvalue weighted by molar-refractivity contribution is 0.0386. The van der Waals surface area contributed by atoms with Gasteiger partial charge in [-0.15, -0.1) is 0 Å². The molecule has 0 bridgehead atoms. The Labute approximate surface area is 106 Å². The van der Waals surface area contributed by atoms with Gasteiger partial charge >= 0.3 is 0 Å². The first-order valence-corrected chi connectivity index (χ1v) is 7.21. The summed E-state index contributed by atoms with van der Waals surface area (Å²) in [5, 5.41) is -0.00528. The SMILES string of the molecule is Cn1cnc(N)c1S(=O)(=O)NC1(C)CCCOC1. The molecule has 1 unspecified atom stereocenters. The van der Waals surface area contributed by atoms with E-state index in [1.165, 1.54) is 10.9 Å². The van der Waals surface area contributed by atoms with Gasteiger partial charge in [-0.05, 0) is 19.8 Å². The minimum atomic E-state index is -3.69. The molecule has 7 nitrogen and oxygen atoms in total. The summed E-state index contributed by atoms with van der Waals surface area (Å²) in [6, 6.07) is 0. The Balaban J connectivity index is 2.27. The van der Waals surface area contributed by atoms with Crippen molar-refractivity contribution in [2.45, 2.75) is 30.3 Å². The third-order valence-electron chi connectivity index (χ3n) is 2.98. The van der Waals surface area contributed by atoms with Crippen molar-refractivity contribution in [2.75, 3.05) is 18.9 Å². The zero-order valence-electron chi connectivity index (χ0n) is 10.5. The number of rotatable bonds is 3. The predicted molar refractivity (Wildman–Crippen MR) is 66.4 cm³/mol. The van der Waals surface area contributed by atoms with Crippen LogP contribution in [-0.2, 0) is 21.8 Å². The summed E-state index contributed by atoms with van der Waals surface area (Å²) in [6.07, 6.45) is 2.95. The number of ether oxygens (including phenoxy) is 1. The van der Waals surface area contributed by atoms with Crippen LogP contribution in [0, 0.1) is 0 Å². The van der Waals surface area contributed by atoms with Crippen molar-refractivity contribution in [3.63, 3.8) is 0 Å². The van der Waals surface area contributed by atoms with Crippen molar-refractivity contribution in [3.05, 3.63) is 6.33 Å². The highest BCUT2D eigenvalue weighted by Gasteiger charge is 2.35. The van der Waals surface area contributed by atoms with Crippen LogP contribution >= 0.6 is 0 Å². The summed E-state index contributed by atoms with van der Waals surface area (Å²) >= 11 is 0. The molecule has 1 aliphatic heterocycles. The Morgan fingerprint density at radius 3 is 2.83 bits per heavy atom. The van der Waals surface area contributed by atoms with Crippen LogP contribution in [0.2, 0.25) is 0 Å². The molecule has 0 radical (unpaired) electrons. The van der Waals surface area contributed by atoms with Gasteiger partial charge in [0, 0.05) is 13.7 Å². The average Bonchev–Trinajstić information content (AvgIpc) is 2.58. The van der Waals surface area contributed by atoms with Crippen LogP contribution in [0.5, 0.6) is 0 Å². The van der Waals surface area contributed by atoms with Gasteiger partial charge < -0.3 is 15.0 Å². The highest BCUT2D eigenvalue weighted by atomic mass is 32.2. The number of nitrogens with zero attached hydrogens (tertiary/aromatic N) is 2. The number of sulfonamides is 1. The second kappa shape index (κ2) is 4.52. The Kier molecular flexibility index (Phi) is 3.35. The van der Waals surface area contributed by atoms with Gasteiger partial charge in [0.1, 0.15) is 0 Å². The molecule has 8 heteroatoms. The van der Waals surface area contributed by atoms with Gasteiger partial charge in [-0.25, -0.2) is 18.1 Å². The summed E-state index contributed by atoms with van der Waals surface area (Å²) in [5.41, 5.74) is 5.00. The van der Waals surface area contributed by atoms with Gasteiger partial charge in [-0.3, -0.25) is 0 Å². The minimum absolute atomic E-state index is 0.00493. The Morgan fingerprint density at radius 2 is 2.33 bits per heavy atom. The molecule has 1 fully saturated rings. The fraction of sp³-hybridized carbons (Fsp3) is 0.700. The van der Waals surface area contributed by atoms with Crippen LogP contribution in [0.15, 0.2) is 11.4 Å². The largest absolute Gasteiger partial charge is 0.381 e. The van der Waals surface area contributed by atoms with E-state index in [1.54, 1.807) is 7.05 Å². The van der Waals surface area contributed by atoms with Gasteiger partial charge in [0.25, 0.3) is 10.0 Å². The molecule has 2 heterocycles. The third-order valence-corrected chi connectivity index (χ3v) is 4.75. The van der Waals surface area contributed by atoms with Crippen LogP contribution < -0.4 is 10.5 Å². The van der Waals surface area contributed by atoms with Crippen molar-refractivity contribution >= 4 is 15.8 Å². The van der Waals surface area contributed by atoms with Gasteiger partial charge in [0.05, 0.1) is 18.5 Å². The fourth-order valence-corrected chi connectivity index (χ4v) is 3.81. The maximum Gasteiger partial charge on any atom is 0.260 e. The topological polar surface area (TPSA) is 99.2 Å². The molecule has 0 aliphatic carbocycles. The van der Waals surface area contributed by atoms with E-state index in [0.717, 1.165) is 12.8 Å². The number of aromatic nitrogens is 2. The van der Waals surface area contributed by atoms with E-state index in [1.807, 2.05) is 6.92 Å². The van der Waals surface area contributed by atoms with Crippen molar-refractivity contribution in [2.24, 2.45) is 7.05 Å². The zero-order chi connectivity index (χ0) is 13.4. The quantitative estimate of drug-likeness (QED) is 0.798. The van der Waals surface area contributed by atoms with E-state index >= 15 is 0 Å². The van der Waals surface area contributed by atoms with E-state index < -0.39 is 15.6 Å². The average molecular weight is 274 g/mol. The van der Waals surface area contributed by atoms with Crippen molar-refractivity contribution < 1.29 is 13.2 Å². The third kappa shape index (κ3) is 2.50. The van der Waals surface area contributed by atoms with E-state index in [2.05, 4.69) is 9.71 Å². The highest BCUT2D eigenvalue weighted by molar-refractivity contribution is 7.89. The normalized spacial score (nSPS) is 25.2.